The fraction of sp³-hybridized carbons (Fsp3) is 0. The largest absolute Gasteiger partial charge is 0.508 e. The Labute approximate surface area is 141 Å². The smallest absolute Gasteiger partial charge is 0.277 e. The van der Waals surface area contributed by atoms with Crippen molar-refractivity contribution >= 4 is 34.8 Å². The Morgan fingerprint density at radius 3 is 2.52 bits per heavy atom. The minimum Gasteiger partial charge on any atom is -0.508 e. The van der Waals surface area contributed by atoms with Crippen LogP contribution in [0.2, 0.25) is 10.0 Å². The number of hydrogen-bond acceptors (Lipinski definition) is 4. The van der Waals surface area contributed by atoms with Gasteiger partial charge in [0.15, 0.2) is 5.69 Å². The van der Waals surface area contributed by atoms with E-state index < -0.39 is 5.91 Å². The van der Waals surface area contributed by atoms with Crippen molar-refractivity contribution in [3.8, 4) is 17.2 Å². The molecule has 0 aliphatic carbocycles. The van der Waals surface area contributed by atoms with E-state index in [-0.39, 0.29) is 17.3 Å². The molecule has 23 heavy (non-hydrogen) atoms. The van der Waals surface area contributed by atoms with Crippen molar-refractivity contribution in [2.75, 3.05) is 5.32 Å². The molecule has 1 aromatic heterocycles. The Morgan fingerprint density at radius 2 is 1.83 bits per heavy atom. The van der Waals surface area contributed by atoms with E-state index in [4.69, 9.17) is 27.6 Å². The van der Waals surface area contributed by atoms with E-state index in [2.05, 4.69) is 10.3 Å². The zero-order valence-corrected chi connectivity index (χ0v) is 13.1. The van der Waals surface area contributed by atoms with Crippen molar-refractivity contribution in [3.05, 3.63) is 64.5 Å². The molecule has 3 aromatic rings. The number of halogens is 2. The third-order valence-electron chi connectivity index (χ3n) is 3.03. The Balaban J connectivity index is 1.79. The van der Waals surface area contributed by atoms with Gasteiger partial charge in [-0.25, -0.2) is 4.98 Å². The van der Waals surface area contributed by atoms with E-state index in [1.807, 2.05) is 0 Å². The maximum Gasteiger partial charge on any atom is 0.277 e. The molecule has 0 saturated carbocycles. The summed E-state index contributed by atoms with van der Waals surface area (Å²) in [6, 6.07) is 11.0. The van der Waals surface area contributed by atoms with E-state index in [0.29, 0.717) is 21.3 Å². The molecule has 0 spiro atoms. The van der Waals surface area contributed by atoms with E-state index in [1.165, 1.54) is 18.4 Å². The van der Waals surface area contributed by atoms with Gasteiger partial charge in [0, 0.05) is 11.3 Å². The molecule has 116 valence electrons. The second kappa shape index (κ2) is 6.32. The highest BCUT2D eigenvalue weighted by atomic mass is 35.5. The Morgan fingerprint density at radius 1 is 1.09 bits per heavy atom. The van der Waals surface area contributed by atoms with Crippen molar-refractivity contribution in [1.82, 2.24) is 4.98 Å². The van der Waals surface area contributed by atoms with Crippen LogP contribution in [0.15, 0.2) is 53.1 Å². The van der Waals surface area contributed by atoms with Gasteiger partial charge < -0.3 is 14.8 Å². The monoisotopic (exact) mass is 348 g/mol. The number of nitrogens with one attached hydrogen (secondary N) is 1. The van der Waals surface area contributed by atoms with Crippen LogP contribution < -0.4 is 5.32 Å². The van der Waals surface area contributed by atoms with Gasteiger partial charge in [-0.1, -0.05) is 23.2 Å². The third kappa shape index (κ3) is 3.47. The van der Waals surface area contributed by atoms with E-state index >= 15 is 0 Å². The maximum absolute atomic E-state index is 12.1. The molecule has 0 aliphatic rings. The van der Waals surface area contributed by atoms with Crippen molar-refractivity contribution in [2.45, 2.75) is 0 Å². The molecule has 1 heterocycles. The second-order valence-electron chi connectivity index (χ2n) is 4.67. The fourth-order valence-electron chi connectivity index (χ4n) is 1.88. The normalized spacial score (nSPS) is 10.5. The molecular formula is C16H10Cl2N2O3. The molecule has 2 N–H and O–H groups in total. The minimum absolute atomic E-state index is 0.117. The number of aromatic nitrogens is 1. The number of carbonyl (C=O) groups excluding carboxylic acids is 1. The molecule has 0 radical (unpaired) electrons. The summed E-state index contributed by atoms with van der Waals surface area (Å²) in [6.45, 7) is 0. The summed E-state index contributed by atoms with van der Waals surface area (Å²) in [6.07, 6.45) is 1.26. The van der Waals surface area contributed by atoms with Gasteiger partial charge in [-0.2, -0.15) is 0 Å². The molecule has 7 heteroatoms. The lowest BCUT2D eigenvalue weighted by Crippen LogP contribution is -2.12. The number of aromatic hydroxyl groups is 1. The number of oxazole rings is 1. The topological polar surface area (TPSA) is 75.4 Å². The first-order valence-electron chi connectivity index (χ1n) is 6.54. The summed E-state index contributed by atoms with van der Waals surface area (Å²) in [4.78, 5) is 16.3. The molecule has 0 fully saturated rings. The molecule has 0 atom stereocenters. The Kier molecular flexibility index (Phi) is 4.23. The van der Waals surface area contributed by atoms with Crippen molar-refractivity contribution in [2.24, 2.45) is 0 Å². The van der Waals surface area contributed by atoms with Gasteiger partial charge in [0.1, 0.15) is 12.0 Å². The van der Waals surface area contributed by atoms with Gasteiger partial charge in [0.25, 0.3) is 5.91 Å². The number of benzene rings is 2. The molecule has 2 aromatic carbocycles. The van der Waals surface area contributed by atoms with Crippen LogP contribution in [0.5, 0.6) is 5.75 Å². The number of rotatable bonds is 3. The van der Waals surface area contributed by atoms with Crippen LogP contribution >= 0.6 is 23.2 Å². The average molecular weight is 349 g/mol. The number of carbonyl (C=O) groups is 1. The standard InChI is InChI=1S/C16H10Cl2N2O3/c17-12-6-1-9(7-13(12)18)16-20-14(8-23-16)15(22)19-10-2-4-11(21)5-3-10/h1-8,21H,(H,19,22). The molecule has 5 nitrogen and oxygen atoms in total. The summed E-state index contributed by atoms with van der Waals surface area (Å²) in [5.74, 6) is -0.0449. The second-order valence-corrected chi connectivity index (χ2v) is 5.48. The number of anilines is 1. The highest BCUT2D eigenvalue weighted by molar-refractivity contribution is 6.42. The molecule has 0 bridgehead atoms. The molecule has 1 amide bonds. The Bertz CT molecular complexity index is 860. The van der Waals surface area contributed by atoms with Gasteiger partial charge in [-0.15, -0.1) is 0 Å². The molecule has 0 aliphatic heterocycles. The predicted octanol–water partition coefficient (Wildman–Crippen LogP) is 4.61. The quantitative estimate of drug-likeness (QED) is 0.678. The zero-order valence-electron chi connectivity index (χ0n) is 11.6. The minimum atomic E-state index is -0.425. The van der Waals surface area contributed by atoms with Crippen LogP contribution in [0.3, 0.4) is 0 Å². The highest BCUT2D eigenvalue weighted by Crippen LogP contribution is 2.28. The first-order chi connectivity index (χ1) is 11.0. The fourth-order valence-corrected chi connectivity index (χ4v) is 2.18. The summed E-state index contributed by atoms with van der Waals surface area (Å²) in [5, 5.41) is 12.7. The number of phenols is 1. The van der Waals surface area contributed by atoms with Crippen LogP contribution in [0, 0.1) is 0 Å². The van der Waals surface area contributed by atoms with Crippen LogP contribution in [-0.4, -0.2) is 16.0 Å². The van der Waals surface area contributed by atoms with Gasteiger partial charge >= 0.3 is 0 Å². The average Bonchev–Trinajstić information content (AvgIpc) is 3.02. The van der Waals surface area contributed by atoms with Gasteiger partial charge in [-0.05, 0) is 42.5 Å². The SMILES string of the molecule is O=C(Nc1ccc(O)cc1)c1coc(-c2ccc(Cl)c(Cl)c2)n1. The summed E-state index contributed by atoms with van der Waals surface area (Å²) >= 11 is 11.8. The van der Waals surface area contributed by atoms with Crippen LogP contribution in [0.4, 0.5) is 5.69 Å². The van der Waals surface area contributed by atoms with Gasteiger partial charge in [0.2, 0.25) is 5.89 Å². The lowest BCUT2D eigenvalue weighted by Gasteiger charge is -2.02. The highest BCUT2D eigenvalue weighted by Gasteiger charge is 2.14. The van der Waals surface area contributed by atoms with Crippen molar-refractivity contribution < 1.29 is 14.3 Å². The van der Waals surface area contributed by atoms with Gasteiger partial charge in [-0.3, -0.25) is 4.79 Å². The third-order valence-corrected chi connectivity index (χ3v) is 3.77. The van der Waals surface area contributed by atoms with Crippen molar-refractivity contribution in [3.63, 3.8) is 0 Å². The summed E-state index contributed by atoms with van der Waals surface area (Å²) in [7, 11) is 0. The summed E-state index contributed by atoms with van der Waals surface area (Å²) in [5.41, 5.74) is 1.27. The first-order valence-corrected chi connectivity index (χ1v) is 7.30. The van der Waals surface area contributed by atoms with Crippen LogP contribution in [0.1, 0.15) is 10.5 Å². The molecular weight excluding hydrogens is 339 g/mol. The first kappa shape index (κ1) is 15.4. The lowest BCUT2D eigenvalue weighted by atomic mass is 10.2. The summed E-state index contributed by atoms with van der Waals surface area (Å²) < 4.78 is 5.31. The van der Waals surface area contributed by atoms with Crippen molar-refractivity contribution in [1.29, 1.82) is 0 Å². The van der Waals surface area contributed by atoms with Gasteiger partial charge in [0.05, 0.1) is 10.0 Å². The lowest BCUT2D eigenvalue weighted by molar-refractivity contribution is 0.102. The Hall–Kier alpha value is -2.50. The van der Waals surface area contributed by atoms with E-state index in [0.717, 1.165) is 0 Å². The molecule has 3 rings (SSSR count). The molecule has 0 unspecified atom stereocenters. The predicted molar refractivity (Wildman–Crippen MR) is 88.0 cm³/mol. The molecule has 0 saturated heterocycles. The van der Waals surface area contributed by atoms with E-state index in [9.17, 15) is 9.90 Å². The number of nitrogens with zero attached hydrogens (tertiary/aromatic N) is 1. The maximum atomic E-state index is 12.1. The van der Waals surface area contributed by atoms with Crippen LogP contribution in [0.25, 0.3) is 11.5 Å². The number of amides is 1. The van der Waals surface area contributed by atoms with Crippen LogP contribution in [-0.2, 0) is 0 Å². The zero-order chi connectivity index (χ0) is 16.4. The van der Waals surface area contributed by atoms with E-state index in [1.54, 1.807) is 30.3 Å². The number of hydrogen-bond donors (Lipinski definition) is 2. The number of phenolic OH excluding ortho intramolecular Hbond substituents is 1.